The van der Waals surface area contributed by atoms with Crippen LogP contribution in [0.2, 0.25) is 0 Å². The molecule has 1 saturated heterocycles. The lowest BCUT2D eigenvalue weighted by atomic mass is 10.1. The SMILES string of the molecule is C=CC1COC(=NC(C)(C)C)N1c1ccccc1. The number of hydrogen-bond acceptors (Lipinski definition) is 2. The molecule has 0 saturated carbocycles. The molecule has 0 radical (unpaired) electrons. The van der Waals surface area contributed by atoms with Crippen LogP contribution in [0.5, 0.6) is 0 Å². The van der Waals surface area contributed by atoms with Gasteiger partial charge in [0, 0.05) is 5.69 Å². The molecular formula is C15H20N2O. The van der Waals surface area contributed by atoms with Gasteiger partial charge in [-0.1, -0.05) is 24.3 Å². The summed E-state index contributed by atoms with van der Waals surface area (Å²) in [6.07, 6.45) is 1.90. The van der Waals surface area contributed by atoms with Crippen LogP contribution in [-0.2, 0) is 4.74 Å². The molecule has 0 amide bonds. The van der Waals surface area contributed by atoms with Gasteiger partial charge in [0.25, 0.3) is 6.02 Å². The van der Waals surface area contributed by atoms with Crippen LogP contribution in [-0.4, -0.2) is 24.2 Å². The van der Waals surface area contributed by atoms with Crippen molar-refractivity contribution in [3.8, 4) is 0 Å². The van der Waals surface area contributed by atoms with E-state index in [0.717, 1.165) is 5.69 Å². The third kappa shape index (κ3) is 2.73. The average molecular weight is 244 g/mol. The minimum absolute atomic E-state index is 0.147. The second-order valence-electron chi connectivity index (χ2n) is 5.38. The number of hydrogen-bond donors (Lipinski definition) is 0. The van der Waals surface area contributed by atoms with E-state index < -0.39 is 0 Å². The first-order chi connectivity index (χ1) is 8.51. The Hall–Kier alpha value is -1.77. The van der Waals surface area contributed by atoms with E-state index in [0.29, 0.717) is 12.6 Å². The monoisotopic (exact) mass is 244 g/mol. The van der Waals surface area contributed by atoms with Gasteiger partial charge in [0.2, 0.25) is 0 Å². The summed E-state index contributed by atoms with van der Waals surface area (Å²) in [5.41, 5.74) is 0.932. The summed E-state index contributed by atoms with van der Waals surface area (Å²) in [6.45, 7) is 10.7. The Morgan fingerprint density at radius 1 is 1.33 bits per heavy atom. The minimum Gasteiger partial charge on any atom is -0.462 e. The van der Waals surface area contributed by atoms with Gasteiger partial charge in [-0.15, -0.1) is 6.58 Å². The van der Waals surface area contributed by atoms with Crippen molar-refractivity contribution in [3.63, 3.8) is 0 Å². The maximum Gasteiger partial charge on any atom is 0.293 e. The van der Waals surface area contributed by atoms with Gasteiger partial charge in [-0.25, -0.2) is 4.99 Å². The van der Waals surface area contributed by atoms with Gasteiger partial charge < -0.3 is 4.74 Å². The van der Waals surface area contributed by atoms with E-state index in [-0.39, 0.29) is 11.6 Å². The molecule has 1 aliphatic heterocycles. The molecule has 18 heavy (non-hydrogen) atoms. The summed E-state index contributed by atoms with van der Waals surface area (Å²) < 4.78 is 5.70. The first kappa shape index (κ1) is 12.7. The van der Waals surface area contributed by atoms with Gasteiger partial charge in [-0.2, -0.15) is 0 Å². The van der Waals surface area contributed by atoms with Crippen LogP contribution >= 0.6 is 0 Å². The lowest BCUT2D eigenvalue weighted by Gasteiger charge is -2.23. The molecule has 0 N–H and O–H groups in total. The molecule has 2 rings (SSSR count). The highest BCUT2D eigenvalue weighted by Gasteiger charge is 2.31. The zero-order chi connectivity index (χ0) is 13.2. The van der Waals surface area contributed by atoms with Crippen molar-refractivity contribution in [1.29, 1.82) is 0 Å². The van der Waals surface area contributed by atoms with Crippen molar-refractivity contribution in [2.45, 2.75) is 32.4 Å². The fourth-order valence-corrected chi connectivity index (χ4v) is 1.88. The molecule has 0 aliphatic carbocycles. The second kappa shape index (κ2) is 4.84. The number of rotatable bonds is 2. The Morgan fingerprint density at radius 2 is 2.00 bits per heavy atom. The third-order valence-electron chi connectivity index (χ3n) is 2.66. The topological polar surface area (TPSA) is 24.8 Å². The average Bonchev–Trinajstić information content (AvgIpc) is 2.70. The van der Waals surface area contributed by atoms with Crippen molar-refractivity contribution in [3.05, 3.63) is 43.0 Å². The maximum absolute atomic E-state index is 5.70. The molecule has 3 nitrogen and oxygen atoms in total. The smallest absolute Gasteiger partial charge is 0.293 e. The number of ether oxygens (including phenoxy) is 1. The van der Waals surface area contributed by atoms with Gasteiger partial charge in [0.15, 0.2) is 0 Å². The van der Waals surface area contributed by atoms with Crippen LogP contribution in [0.3, 0.4) is 0 Å². The van der Waals surface area contributed by atoms with Crippen molar-refractivity contribution in [1.82, 2.24) is 0 Å². The highest BCUT2D eigenvalue weighted by atomic mass is 16.5. The lowest BCUT2D eigenvalue weighted by Crippen LogP contribution is -2.34. The second-order valence-corrected chi connectivity index (χ2v) is 5.38. The number of amidine groups is 1. The molecule has 1 fully saturated rings. The van der Waals surface area contributed by atoms with Crippen LogP contribution in [0, 0.1) is 0 Å². The zero-order valence-electron chi connectivity index (χ0n) is 11.3. The number of benzene rings is 1. The summed E-state index contributed by atoms with van der Waals surface area (Å²) >= 11 is 0. The normalized spacial score (nSPS) is 22.1. The fraction of sp³-hybridized carbons (Fsp3) is 0.400. The predicted octanol–water partition coefficient (Wildman–Crippen LogP) is 3.23. The van der Waals surface area contributed by atoms with Crippen molar-refractivity contribution in [2.24, 2.45) is 4.99 Å². The zero-order valence-corrected chi connectivity index (χ0v) is 11.3. The van der Waals surface area contributed by atoms with Crippen LogP contribution in [0.15, 0.2) is 48.0 Å². The Morgan fingerprint density at radius 3 is 2.56 bits per heavy atom. The lowest BCUT2D eigenvalue weighted by molar-refractivity contribution is 0.333. The summed E-state index contributed by atoms with van der Waals surface area (Å²) in [5.74, 6) is 0. The molecule has 1 aromatic carbocycles. The van der Waals surface area contributed by atoms with E-state index >= 15 is 0 Å². The fourth-order valence-electron chi connectivity index (χ4n) is 1.88. The van der Waals surface area contributed by atoms with Crippen molar-refractivity contribution < 1.29 is 4.74 Å². The van der Waals surface area contributed by atoms with Gasteiger partial charge in [0.1, 0.15) is 6.61 Å². The van der Waals surface area contributed by atoms with E-state index in [1.54, 1.807) is 0 Å². The van der Waals surface area contributed by atoms with Gasteiger partial charge in [0.05, 0.1) is 11.6 Å². The Bertz CT molecular complexity index is 445. The van der Waals surface area contributed by atoms with Crippen molar-refractivity contribution >= 4 is 11.7 Å². The van der Waals surface area contributed by atoms with Crippen LogP contribution < -0.4 is 4.90 Å². The van der Waals surface area contributed by atoms with Crippen LogP contribution in [0.25, 0.3) is 0 Å². The molecule has 0 aromatic heterocycles. The van der Waals surface area contributed by atoms with Gasteiger partial charge >= 0.3 is 0 Å². The number of nitrogens with zero attached hydrogens (tertiary/aromatic N) is 2. The molecule has 1 atom stereocenters. The Kier molecular flexibility index (Phi) is 3.41. The summed E-state index contributed by atoms with van der Waals surface area (Å²) in [4.78, 5) is 6.73. The first-order valence-corrected chi connectivity index (χ1v) is 6.21. The molecule has 1 aliphatic rings. The standard InChI is InChI=1S/C15H20N2O/c1-5-12-11-18-14(16-15(2,3)4)17(12)13-9-7-6-8-10-13/h5-10,12H,1,11H2,2-4H3. The molecule has 0 bridgehead atoms. The largest absolute Gasteiger partial charge is 0.462 e. The molecule has 96 valence electrons. The van der Waals surface area contributed by atoms with E-state index in [2.05, 4.69) is 49.4 Å². The van der Waals surface area contributed by atoms with Gasteiger partial charge in [-0.3, -0.25) is 4.90 Å². The van der Waals surface area contributed by atoms with Gasteiger partial charge in [-0.05, 0) is 32.9 Å². The number of anilines is 1. The van der Waals surface area contributed by atoms with Crippen molar-refractivity contribution in [2.75, 3.05) is 11.5 Å². The summed E-state index contributed by atoms with van der Waals surface area (Å²) in [5, 5.41) is 0. The van der Waals surface area contributed by atoms with E-state index in [1.807, 2.05) is 24.3 Å². The quantitative estimate of drug-likeness (QED) is 0.746. The Labute approximate surface area is 109 Å². The minimum atomic E-state index is -0.154. The van der Waals surface area contributed by atoms with E-state index in [1.165, 1.54) is 0 Å². The molecule has 0 spiro atoms. The number of para-hydroxylation sites is 1. The Balaban J connectivity index is 2.38. The predicted molar refractivity (Wildman–Crippen MR) is 76.0 cm³/mol. The van der Waals surface area contributed by atoms with E-state index in [9.17, 15) is 0 Å². The molecule has 1 aromatic rings. The highest BCUT2D eigenvalue weighted by Crippen LogP contribution is 2.24. The van der Waals surface area contributed by atoms with E-state index in [4.69, 9.17) is 4.74 Å². The highest BCUT2D eigenvalue weighted by molar-refractivity contribution is 5.94. The van der Waals surface area contributed by atoms with Crippen LogP contribution in [0.1, 0.15) is 20.8 Å². The first-order valence-electron chi connectivity index (χ1n) is 6.21. The molecule has 3 heteroatoms. The summed E-state index contributed by atoms with van der Waals surface area (Å²) in [6, 6.07) is 11.0. The molecule has 1 unspecified atom stereocenters. The molecule has 1 heterocycles. The maximum atomic E-state index is 5.70. The number of aliphatic imine (C=N–C) groups is 1. The third-order valence-corrected chi connectivity index (χ3v) is 2.66. The summed E-state index contributed by atoms with van der Waals surface area (Å²) in [7, 11) is 0. The molecular weight excluding hydrogens is 224 g/mol. The van der Waals surface area contributed by atoms with Crippen LogP contribution in [0.4, 0.5) is 5.69 Å².